The van der Waals surface area contributed by atoms with Crippen molar-refractivity contribution in [1.29, 1.82) is 0 Å². The molecule has 0 bridgehead atoms. The average Bonchev–Trinajstić information content (AvgIpc) is 2.34. The van der Waals surface area contributed by atoms with Crippen LogP contribution in [0.4, 0.5) is 0 Å². The molecule has 0 fully saturated rings. The van der Waals surface area contributed by atoms with Crippen LogP contribution in [0.25, 0.3) is 0 Å². The van der Waals surface area contributed by atoms with Gasteiger partial charge in [0.15, 0.2) is 6.61 Å². The predicted octanol–water partition coefficient (Wildman–Crippen LogP) is 3.54. The molecule has 0 spiro atoms. The monoisotopic (exact) mass is 616 g/mol. The Kier molecular flexibility index (Phi) is 7.79. The lowest BCUT2D eigenvalue weighted by molar-refractivity contribution is -0.262. The quantitative estimate of drug-likeness (QED) is 0.295. The van der Waals surface area contributed by atoms with Crippen molar-refractivity contribution in [2.45, 2.75) is 13.8 Å². The standard InChI is InChI=1S/C12H11I3O5/c1-6(2)12(17)20-19-10(16)5-18-11-8(14)3-7(13)4-9(11)15/h3-4,6H,5H2,1-2H3. The van der Waals surface area contributed by atoms with E-state index in [1.165, 1.54) is 0 Å². The Labute approximate surface area is 157 Å². The highest BCUT2D eigenvalue weighted by Gasteiger charge is 2.15. The van der Waals surface area contributed by atoms with Crippen molar-refractivity contribution in [2.75, 3.05) is 6.61 Å². The maximum Gasteiger partial charge on any atom is 0.392 e. The summed E-state index contributed by atoms with van der Waals surface area (Å²) in [5.41, 5.74) is 0. The van der Waals surface area contributed by atoms with Gasteiger partial charge < -0.3 is 4.74 Å². The molecule has 0 radical (unpaired) electrons. The van der Waals surface area contributed by atoms with Gasteiger partial charge in [-0.05, 0) is 79.9 Å². The summed E-state index contributed by atoms with van der Waals surface area (Å²) in [6.07, 6.45) is 0. The molecular formula is C12H11I3O5. The first-order valence-corrected chi connectivity index (χ1v) is 8.73. The van der Waals surface area contributed by atoms with Crippen LogP contribution in [0.1, 0.15) is 13.8 Å². The van der Waals surface area contributed by atoms with Crippen molar-refractivity contribution < 1.29 is 24.1 Å². The third-order valence-electron chi connectivity index (χ3n) is 1.99. The first-order chi connectivity index (χ1) is 9.31. The van der Waals surface area contributed by atoms with Gasteiger partial charge >= 0.3 is 11.9 Å². The number of carbonyl (C=O) groups is 2. The number of ether oxygens (including phenoxy) is 1. The van der Waals surface area contributed by atoms with Crippen LogP contribution in [0.2, 0.25) is 0 Å². The van der Waals surface area contributed by atoms with E-state index in [2.05, 4.69) is 77.5 Å². The van der Waals surface area contributed by atoms with E-state index in [0.717, 1.165) is 10.7 Å². The highest BCUT2D eigenvalue weighted by Crippen LogP contribution is 2.29. The third kappa shape index (κ3) is 5.87. The predicted molar refractivity (Wildman–Crippen MR) is 97.1 cm³/mol. The van der Waals surface area contributed by atoms with Gasteiger partial charge in [0.25, 0.3) is 0 Å². The number of rotatable bonds is 4. The van der Waals surface area contributed by atoms with Crippen molar-refractivity contribution in [3.63, 3.8) is 0 Å². The number of benzene rings is 1. The minimum Gasteiger partial charge on any atom is -0.479 e. The molecule has 0 aliphatic heterocycles. The van der Waals surface area contributed by atoms with Crippen molar-refractivity contribution in [3.05, 3.63) is 22.8 Å². The average molecular weight is 616 g/mol. The van der Waals surface area contributed by atoms with E-state index in [9.17, 15) is 9.59 Å². The molecule has 0 aromatic heterocycles. The van der Waals surface area contributed by atoms with Gasteiger partial charge in [0.1, 0.15) is 5.75 Å². The zero-order chi connectivity index (χ0) is 15.3. The van der Waals surface area contributed by atoms with Crippen molar-refractivity contribution >= 4 is 79.7 Å². The molecule has 1 aromatic carbocycles. The summed E-state index contributed by atoms with van der Waals surface area (Å²) in [6, 6.07) is 3.87. The molecular weight excluding hydrogens is 605 g/mol. The van der Waals surface area contributed by atoms with E-state index in [1.807, 2.05) is 12.1 Å². The first-order valence-electron chi connectivity index (χ1n) is 5.49. The normalized spacial score (nSPS) is 10.3. The van der Waals surface area contributed by atoms with E-state index in [1.54, 1.807) is 13.8 Å². The maximum absolute atomic E-state index is 11.4. The molecule has 1 rings (SSSR count). The number of carbonyl (C=O) groups excluding carboxylic acids is 2. The Morgan fingerprint density at radius 1 is 1.10 bits per heavy atom. The lowest BCUT2D eigenvalue weighted by Gasteiger charge is -2.10. The Morgan fingerprint density at radius 2 is 1.65 bits per heavy atom. The Balaban J connectivity index is 2.52. The van der Waals surface area contributed by atoms with Crippen LogP contribution in [0.3, 0.4) is 0 Å². The van der Waals surface area contributed by atoms with Gasteiger partial charge in [-0.25, -0.2) is 19.4 Å². The van der Waals surface area contributed by atoms with Crippen molar-refractivity contribution in [2.24, 2.45) is 5.92 Å². The van der Waals surface area contributed by atoms with Gasteiger partial charge in [0, 0.05) is 3.57 Å². The minimum atomic E-state index is -0.760. The molecule has 0 aliphatic rings. The first kappa shape index (κ1) is 18.2. The van der Waals surface area contributed by atoms with Gasteiger partial charge in [-0.3, -0.25) is 0 Å². The lowest BCUT2D eigenvalue weighted by atomic mass is 10.2. The largest absolute Gasteiger partial charge is 0.479 e. The van der Waals surface area contributed by atoms with Gasteiger partial charge in [-0.15, -0.1) is 0 Å². The highest BCUT2D eigenvalue weighted by atomic mass is 127. The Morgan fingerprint density at radius 3 is 2.15 bits per heavy atom. The molecule has 0 atom stereocenters. The molecule has 0 saturated heterocycles. The van der Waals surface area contributed by atoms with E-state index in [-0.39, 0.29) is 12.5 Å². The number of hydrogen-bond acceptors (Lipinski definition) is 5. The molecule has 1 aromatic rings. The van der Waals surface area contributed by atoms with Crippen LogP contribution in [-0.2, 0) is 19.4 Å². The molecule has 20 heavy (non-hydrogen) atoms. The molecule has 0 amide bonds. The molecule has 0 N–H and O–H groups in total. The molecule has 8 heteroatoms. The van der Waals surface area contributed by atoms with E-state index in [4.69, 9.17) is 4.74 Å². The second-order valence-corrected chi connectivity index (χ2v) is 7.57. The molecule has 0 unspecified atom stereocenters. The van der Waals surface area contributed by atoms with E-state index >= 15 is 0 Å². The van der Waals surface area contributed by atoms with Gasteiger partial charge in [-0.1, -0.05) is 13.8 Å². The third-order valence-corrected chi connectivity index (χ3v) is 4.21. The Bertz CT molecular complexity index is 493. The summed E-state index contributed by atoms with van der Waals surface area (Å²) < 4.78 is 8.26. The number of hydrogen-bond donors (Lipinski definition) is 0. The molecule has 0 heterocycles. The molecule has 0 aliphatic carbocycles. The summed E-state index contributed by atoms with van der Waals surface area (Å²) in [5.74, 6) is -1.11. The smallest absolute Gasteiger partial charge is 0.392 e. The summed E-state index contributed by atoms with van der Waals surface area (Å²) in [5, 5.41) is 0. The zero-order valence-electron chi connectivity index (χ0n) is 10.6. The summed E-state index contributed by atoms with van der Waals surface area (Å²) in [7, 11) is 0. The van der Waals surface area contributed by atoms with Crippen LogP contribution in [0.15, 0.2) is 12.1 Å². The zero-order valence-corrected chi connectivity index (χ0v) is 17.1. The van der Waals surface area contributed by atoms with Crippen LogP contribution < -0.4 is 4.74 Å². The molecule has 110 valence electrons. The second kappa shape index (κ2) is 8.56. The van der Waals surface area contributed by atoms with Crippen LogP contribution in [-0.4, -0.2) is 18.5 Å². The second-order valence-electron chi connectivity index (χ2n) is 4.00. The maximum atomic E-state index is 11.4. The van der Waals surface area contributed by atoms with Crippen LogP contribution >= 0.6 is 67.8 Å². The van der Waals surface area contributed by atoms with Crippen LogP contribution in [0.5, 0.6) is 5.75 Å². The Hall–Kier alpha value is 0.150. The highest BCUT2D eigenvalue weighted by molar-refractivity contribution is 14.1. The fourth-order valence-electron chi connectivity index (χ4n) is 1.01. The topological polar surface area (TPSA) is 61.8 Å². The SMILES string of the molecule is CC(C)C(=O)OOC(=O)COc1c(I)cc(I)cc1I. The lowest BCUT2D eigenvalue weighted by Crippen LogP contribution is -2.20. The van der Waals surface area contributed by atoms with Crippen molar-refractivity contribution in [1.82, 2.24) is 0 Å². The molecule has 5 nitrogen and oxygen atoms in total. The fourth-order valence-corrected chi connectivity index (χ4v) is 4.90. The van der Waals surface area contributed by atoms with Gasteiger partial charge in [0.05, 0.1) is 13.1 Å². The van der Waals surface area contributed by atoms with E-state index in [0.29, 0.717) is 5.75 Å². The van der Waals surface area contributed by atoms with Gasteiger partial charge in [-0.2, -0.15) is 0 Å². The summed E-state index contributed by atoms with van der Waals surface area (Å²) in [4.78, 5) is 31.3. The molecule has 0 saturated carbocycles. The van der Waals surface area contributed by atoms with E-state index < -0.39 is 11.9 Å². The minimum absolute atomic E-state index is 0.321. The van der Waals surface area contributed by atoms with Gasteiger partial charge in [0.2, 0.25) is 0 Å². The fraction of sp³-hybridized carbons (Fsp3) is 0.333. The van der Waals surface area contributed by atoms with Crippen LogP contribution in [0, 0.1) is 16.6 Å². The number of halogens is 3. The summed E-state index contributed by atoms with van der Waals surface area (Å²) in [6.45, 7) is 2.96. The summed E-state index contributed by atoms with van der Waals surface area (Å²) >= 11 is 6.46. The van der Waals surface area contributed by atoms with Crippen molar-refractivity contribution in [3.8, 4) is 5.75 Å².